The van der Waals surface area contributed by atoms with Crippen LogP contribution in [-0.2, 0) is 4.79 Å². The summed E-state index contributed by atoms with van der Waals surface area (Å²) < 4.78 is 18.0. The molecule has 0 radical (unpaired) electrons. The number of nitrogens with zero attached hydrogens (tertiary/aromatic N) is 1. The lowest BCUT2D eigenvalue weighted by atomic mass is 10.3. The van der Waals surface area contributed by atoms with E-state index in [1.165, 1.54) is 24.3 Å². The first-order valence-corrected chi connectivity index (χ1v) is 6.51. The second-order valence-corrected chi connectivity index (χ2v) is 5.22. The van der Waals surface area contributed by atoms with E-state index in [0.717, 1.165) is 12.3 Å². The second-order valence-electron chi connectivity index (χ2n) is 3.80. The van der Waals surface area contributed by atoms with E-state index in [0.29, 0.717) is 5.75 Å². The van der Waals surface area contributed by atoms with E-state index >= 15 is 0 Å². The van der Waals surface area contributed by atoms with E-state index in [1.807, 2.05) is 6.92 Å². The monoisotopic (exact) mass is 255 g/mol. The highest BCUT2D eigenvalue weighted by molar-refractivity contribution is 8.00. The molecule has 0 aliphatic carbocycles. The van der Waals surface area contributed by atoms with Crippen molar-refractivity contribution in [3.05, 3.63) is 30.1 Å². The molecule has 1 heterocycles. The highest BCUT2D eigenvalue weighted by Gasteiger charge is 2.25. The summed E-state index contributed by atoms with van der Waals surface area (Å²) in [5.74, 6) is 1.16. The van der Waals surface area contributed by atoms with Gasteiger partial charge in [0.15, 0.2) is 6.61 Å². The van der Waals surface area contributed by atoms with Crippen molar-refractivity contribution in [1.29, 1.82) is 0 Å². The predicted octanol–water partition coefficient (Wildman–Crippen LogP) is 2.13. The first-order valence-electron chi connectivity index (χ1n) is 5.46. The number of halogens is 1. The van der Waals surface area contributed by atoms with E-state index in [9.17, 15) is 9.18 Å². The normalized spacial score (nSPS) is 19.4. The van der Waals surface area contributed by atoms with E-state index in [1.54, 1.807) is 16.7 Å². The van der Waals surface area contributed by atoms with E-state index in [2.05, 4.69) is 0 Å². The minimum absolute atomic E-state index is 0.0104. The van der Waals surface area contributed by atoms with Gasteiger partial charge in [0.2, 0.25) is 0 Å². The van der Waals surface area contributed by atoms with Crippen LogP contribution in [0.4, 0.5) is 4.39 Å². The lowest BCUT2D eigenvalue weighted by molar-refractivity contribution is -0.133. The fraction of sp³-hybridized carbons (Fsp3) is 0.417. The smallest absolute Gasteiger partial charge is 0.261 e. The number of ether oxygens (including phenoxy) is 1. The third kappa shape index (κ3) is 3.12. The molecule has 1 aliphatic rings. The van der Waals surface area contributed by atoms with Crippen LogP contribution in [0, 0.1) is 5.82 Å². The predicted molar refractivity (Wildman–Crippen MR) is 65.5 cm³/mol. The fourth-order valence-corrected chi connectivity index (χ4v) is 2.73. The van der Waals surface area contributed by atoms with Gasteiger partial charge in [-0.2, -0.15) is 0 Å². The van der Waals surface area contributed by atoms with Crippen molar-refractivity contribution >= 4 is 17.7 Å². The second kappa shape index (κ2) is 5.40. The van der Waals surface area contributed by atoms with Crippen molar-refractivity contribution in [1.82, 2.24) is 4.90 Å². The Morgan fingerprint density at radius 3 is 2.82 bits per heavy atom. The first-order chi connectivity index (χ1) is 8.16. The van der Waals surface area contributed by atoms with Crippen molar-refractivity contribution < 1.29 is 13.9 Å². The Labute approximate surface area is 104 Å². The van der Waals surface area contributed by atoms with Crippen LogP contribution in [-0.4, -0.2) is 35.1 Å². The maximum Gasteiger partial charge on any atom is 0.261 e. The summed E-state index contributed by atoms with van der Waals surface area (Å²) in [5, 5.41) is 0.222. The summed E-state index contributed by atoms with van der Waals surface area (Å²) in [5.41, 5.74) is 0. The summed E-state index contributed by atoms with van der Waals surface area (Å²) in [6.07, 6.45) is 0. The van der Waals surface area contributed by atoms with Crippen molar-refractivity contribution in [2.24, 2.45) is 0 Å². The molecule has 2 rings (SSSR count). The van der Waals surface area contributed by atoms with E-state index < -0.39 is 0 Å². The summed E-state index contributed by atoms with van der Waals surface area (Å²) in [4.78, 5) is 13.6. The average Bonchev–Trinajstić information content (AvgIpc) is 2.74. The average molecular weight is 255 g/mol. The third-order valence-electron chi connectivity index (χ3n) is 2.63. The molecule has 3 nitrogen and oxygen atoms in total. The molecule has 0 bridgehead atoms. The van der Waals surface area contributed by atoms with Gasteiger partial charge in [-0.3, -0.25) is 4.79 Å². The van der Waals surface area contributed by atoms with Gasteiger partial charge in [0.05, 0.1) is 5.37 Å². The van der Waals surface area contributed by atoms with Crippen molar-refractivity contribution in [3.8, 4) is 5.75 Å². The van der Waals surface area contributed by atoms with Gasteiger partial charge in [-0.25, -0.2) is 4.39 Å². The van der Waals surface area contributed by atoms with Gasteiger partial charge in [-0.1, -0.05) is 0 Å². The van der Waals surface area contributed by atoms with E-state index in [4.69, 9.17) is 4.74 Å². The Bertz CT molecular complexity index is 396. The fourth-order valence-electron chi connectivity index (χ4n) is 1.68. The largest absolute Gasteiger partial charge is 0.484 e. The van der Waals surface area contributed by atoms with Crippen LogP contribution in [0.2, 0.25) is 0 Å². The van der Waals surface area contributed by atoms with Crippen LogP contribution in [0.3, 0.4) is 0 Å². The lowest BCUT2D eigenvalue weighted by Crippen LogP contribution is -2.36. The Morgan fingerprint density at radius 2 is 2.24 bits per heavy atom. The number of hydrogen-bond donors (Lipinski definition) is 0. The van der Waals surface area contributed by atoms with Crippen molar-refractivity contribution in [2.75, 3.05) is 18.9 Å². The van der Waals surface area contributed by atoms with Crippen LogP contribution in [0.25, 0.3) is 0 Å². The molecule has 0 N–H and O–H groups in total. The maximum absolute atomic E-state index is 12.6. The lowest BCUT2D eigenvalue weighted by Gasteiger charge is -2.20. The van der Waals surface area contributed by atoms with Crippen LogP contribution in [0.15, 0.2) is 24.3 Å². The van der Waals surface area contributed by atoms with Gasteiger partial charge in [0.1, 0.15) is 11.6 Å². The quantitative estimate of drug-likeness (QED) is 0.828. The Kier molecular flexibility index (Phi) is 3.89. The zero-order valence-electron chi connectivity index (χ0n) is 9.56. The Morgan fingerprint density at radius 1 is 1.53 bits per heavy atom. The minimum atomic E-state index is -0.312. The van der Waals surface area contributed by atoms with E-state index in [-0.39, 0.29) is 23.7 Å². The molecular weight excluding hydrogens is 241 g/mol. The molecule has 1 aromatic carbocycles. The molecule has 17 heavy (non-hydrogen) atoms. The molecule has 1 aliphatic heterocycles. The molecule has 1 atom stereocenters. The van der Waals surface area contributed by atoms with Gasteiger partial charge >= 0.3 is 0 Å². The molecule has 0 saturated carbocycles. The van der Waals surface area contributed by atoms with Gasteiger partial charge < -0.3 is 9.64 Å². The topological polar surface area (TPSA) is 29.5 Å². The maximum atomic E-state index is 12.6. The zero-order chi connectivity index (χ0) is 12.3. The highest BCUT2D eigenvalue weighted by atomic mass is 32.2. The van der Waals surface area contributed by atoms with Gasteiger partial charge in [-0.05, 0) is 31.2 Å². The number of thioether (sulfide) groups is 1. The molecule has 92 valence electrons. The molecule has 5 heteroatoms. The summed E-state index contributed by atoms with van der Waals surface area (Å²) in [7, 11) is 0. The number of benzene rings is 1. The highest BCUT2D eigenvalue weighted by Crippen LogP contribution is 2.22. The van der Waals surface area contributed by atoms with Crippen LogP contribution in [0.1, 0.15) is 6.92 Å². The molecule has 1 aromatic rings. The van der Waals surface area contributed by atoms with Gasteiger partial charge in [0, 0.05) is 12.3 Å². The van der Waals surface area contributed by atoms with Crippen molar-refractivity contribution in [2.45, 2.75) is 12.3 Å². The SMILES string of the molecule is CC1SCCN1C(=O)COc1ccc(F)cc1. The van der Waals surface area contributed by atoms with Gasteiger partial charge in [-0.15, -0.1) is 11.8 Å². The van der Waals surface area contributed by atoms with Crippen LogP contribution >= 0.6 is 11.8 Å². The third-order valence-corrected chi connectivity index (χ3v) is 3.78. The Hall–Kier alpha value is -1.23. The number of carbonyl (C=O) groups is 1. The zero-order valence-corrected chi connectivity index (χ0v) is 10.4. The minimum Gasteiger partial charge on any atom is -0.484 e. The molecule has 0 spiro atoms. The first kappa shape index (κ1) is 12.2. The molecule has 1 amide bonds. The summed E-state index contributed by atoms with van der Waals surface area (Å²) in [6.45, 7) is 2.79. The summed E-state index contributed by atoms with van der Waals surface area (Å²) >= 11 is 1.76. The molecule has 1 unspecified atom stereocenters. The van der Waals surface area contributed by atoms with Crippen LogP contribution in [0.5, 0.6) is 5.75 Å². The van der Waals surface area contributed by atoms with Gasteiger partial charge in [0.25, 0.3) is 5.91 Å². The number of carbonyl (C=O) groups excluding carboxylic acids is 1. The molecule has 1 saturated heterocycles. The molecule has 1 fully saturated rings. The molecular formula is C12H14FNO2S. The standard InChI is InChI=1S/C12H14FNO2S/c1-9-14(6-7-17-9)12(15)8-16-11-4-2-10(13)3-5-11/h2-5,9H,6-8H2,1H3. The number of rotatable bonds is 3. The Balaban J connectivity index is 1.85. The molecule has 0 aromatic heterocycles. The summed E-state index contributed by atoms with van der Waals surface area (Å²) in [6, 6.07) is 5.66. The van der Waals surface area contributed by atoms with Crippen LogP contribution < -0.4 is 4.74 Å². The number of hydrogen-bond acceptors (Lipinski definition) is 3. The van der Waals surface area contributed by atoms with Crippen molar-refractivity contribution in [3.63, 3.8) is 0 Å². The number of amides is 1.